The highest BCUT2D eigenvalue weighted by atomic mass is 32.1. The normalized spacial score (nSPS) is 20.4. The van der Waals surface area contributed by atoms with Crippen LogP contribution in [0.3, 0.4) is 0 Å². The van der Waals surface area contributed by atoms with Crippen molar-refractivity contribution in [1.82, 2.24) is 15.5 Å². The average Bonchev–Trinajstić information content (AvgIpc) is 3.67. The van der Waals surface area contributed by atoms with E-state index in [0.29, 0.717) is 42.0 Å². The number of hydrogen-bond donors (Lipinski definition) is 3. The Bertz CT molecular complexity index is 925. The number of hydrogen-bond acceptors (Lipinski definition) is 5. The lowest BCUT2D eigenvalue weighted by molar-refractivity contribution is -0.117. The molecule has 0 aliphatic heterocycles. The van der Waals surface area contributed by atoms with E-state index in [4.69, 9.17) is 5.26 Å². The average molecular weight is 443 g/mol. The number of rotatable bonds is 7. The van der Waals surface area contributed by atoms with Crippen LogP contribution in [0.15, 0.2) is 4.99 Å². The zero-order valence-corrected chi connectivity index (χ0v) is 19.0. The fourth-order valence-electron chi connectivity index (χ4n) is 4.04. The van der Waals surface area contributed by atoms with Crippen molar-refractivity contribution in [1.29, 1.82) is 5.26 Å². The number of anilines is 1. The molecule has 3 aliphatic rings. The van der Waals surface area contributed by atoms with Crippen LogP contribution in [0.5, 0.6) is 0 Å². The molecule has 2 saturated carbocycles. The van der Waals surface area contributed by atoms with Gasteiger partial charge in [-0.15, -0.1) is 11.3 Å². The van der Waals surface area contributed by atoms with E-state index < -0.39 is 0 Å². The van der Waals surface area contributed by atoms with Crippen LogP contribution in [-0.2, 0) is 17.6 Å². The highest BCUT2D eigenvalue weighted by Crippen LogP contribution is 2.40. The Morgan fingerprint density at radius 1 is 1.26 bits per heavy atom. The number of aliphatic imine (C=N–C) groups is 1. The van der Waals surface area contributed by atoms with Crippen LogP contribution in [0.4, 0.5) is 5.00 Å². The first-order valence-corrected chi connectivity index (χ1v) is 12.0. The number of nitriles is 1. The molecule has 1 aromatic heterocycles. The van der Waals surface area contributed by atoms with Crippen molar-refractivity contribution >= 4 is 34.1 Å². The highest BCUT2D eigenvalue weighted by molar-refractivity contribution is 7.17. The number of carbonyl (C=O) groups excluding carboxylic acids is 2. The number of carbonyl (C=O) groups is 2. The Labute approximate surface area is 187 Å². The van der Waals surface area contributed by atoms with Gasteiger partial charge in [0.15, 0.2) is 6.19 Å². The molecule has 166 valence electrons. The van der Waals surface area contributed by atoms with E-state index in [1.54, 1.807) is 11.3 Å². The minimum atomic E-state index is -0.0867. The Kier molecular flexibility index (Phi) is 6.46. The lowest BCUT2D eigenvalue weighted by atomic mass is 9.90. The predicted molar refractivity (Wildman–Crippen MR) is 121 cm³/mol. The van der Waals surface area contributed by atoms with Crippen LogP contribution in [0.25, 0.3) is 0 Å². The second-order valence-electron chi connectivity index (χ2n) is 8.67. The molecular formula is C22H30N6O2S. The number of fused-ring (bicyclic) bond motifs is 1. The zero-order chi connectivity index (χ0) is 22.0. The van der Waals surface area contributed by atoms with Crippen LogP contribution in [-0.4, -0.2) is 48.9 Å². The number of nitrogens with one attached hydrogen (secondary N) is 3. The molecule has 0 radical (unpaired) electrons. The Balaban J connectivity index is 1.58. The van der Waals surface area contributed by atoms with Crippen LogP contribution in [0.1, 0.15) is 59.8 Å². The number of amides is 2. The van der Waals surface area contributed by atoms with Crippen molar-refractivity contribution in [2.24, 2.45) is 16.8 Å². The van der Waals surface area contributed by atoms with Crippen molar-refractivity contribution in [2.45, 2.75) is 57.9 Å². The SMILES string of the molecule is CCN=C(NC#N)N(C)[C@H]1CCc2sc(NC(=O)C3CC3)c(C(=O)NCC3CC3)c2C1. The van der Waals surface area contributed by atoms with Crippen molar-refractivity contribution in [3.63, 3.8) is 0 Å². The summed E-state index contributed by atoms with van der Waals surface area (Å²) in [5, 5.41) is 18.6. The molecular weight excluding hydrogens is 412 g/mol. The van der Waals surface area contributed by atoms with Crippen molar-refractivity contribution in [3.05, 3.63) is 16.0 Å². The van der Waals surface area contributed by atoms with Crippen LogP contribution in [0, 0.1) is 23.3 Å². The lowest BCUT2D eigenvalue weighted by Crippen LogP contribution is -2.46. The van der Waals surface area contributed by atoms with Gasteiger partial charge in [0.2, 0.25) is 11.9 Å². The van der Waals surface area contributed by atoms with Gasteiger partial charge in [-0.25, -0.2) is 0 Å². The summed E-state index contributed by atoms with van der Waals surface area (Å²) in [7, 11) is 1.93. The standard InChI is InChI=1S/C22H30N6O2S/c1-3-24-22(26-12-23)28(2)15-8-9-17-16(10-15)18(20(30)25-11-13-4-5-13)21(31-17)27-19(29)14-6-7-14/h13-15H,3-11H2,1-2H3,(H,24,26)(H,25,30)(H,27,29)/t15-/m0/s1. The molecule has 8 nitrogen and oxygen atoms in total. The third-order valence-electron chi connectivity index (χ3n) is 6.25. The van der Waals surface area contributed by atoms with Gasteiger partial charge >= 0.3 is 0 Å². The molecule has 0 saturated heterocycles. The summed E-state index contributed by atoms with van der Waals surface area (Å²) < 4.78 is 0. The molecule has 0 spiro atoms. The minimum Gasteiger partial charge on any atom is -0.352 e. The van der Waals surface area contributed by atoms with E-state index in [1.165, 1.54) is 17.7 Å². The van der Waals surface area contributed by atoms with E-state index in [2.05, 4.69) is 20.9 Å². The van der Waals surface area contributed by atoms with Gasteiger partial charge in [-0.3, -0.25) is 19.9 Å². The molecule has 1 atom stereocenters. The van der Waals surface area contributed by atoms with Gasteiger partial charge in [0.05, 0.1) is 5.56 Å². The molecule has 9 heteroatoms. The molecule has 4 rings (SSSR count). The van der Waals surface area contributed by atoms with Gasteiger partial charge in [0.25, 0.3) is 5.91 Å². The first-order chi connectivity index (χ1) is 15.0. The van der Waals surface area contributed by atoms with Crippen molar-refractivity contribution < 1.29 is 9.59 Å². The molecule has 1 heterocycles. The summed E-state index contributed by atoms with van der Waals surface area (Å²) in [5.41, 5.74) is 1.66. The molecule has 0 aromatic carbocycles. The number of nitrogens with zero attached hydrogens (tertiary/aromatic N) is 3. The van der Waals surface area contributed by atoms with Crippen LogP contribution in [0.2, 0.25) is 0 Å². The van der Waals surface area contributed by atoms with Gasteiger partial charge in [0.1, 0.15) is 5.00 Å². The summed E-state index contributed by atoms with van der Waals surface area (Å²) in [6.07, 6.45) is 8.59. The summed E-state index contributed by atoms with van der Waals surface area (Å²) in [4.78, 5) is 33.2. The summed E-state index contributed by atoms with van der Waals surface area (Å²) >= 11 is 1.55. The second-order valence-corrected chi connectivity index (χ2v) is 9.77. The van der Waals surface area contributed by atoms with Crippen LogP contribution < -0.4 is 16.0 Å². The zero-order valence-electron chi connectivity index (χ0n) is 18.2. The van der Waals surface area contributed by atoms with E-state index in [1.807, 2.05) is 25.1 Å². The van der Waals surface area contributed by atoms with E-state index in [9.17, 15) is 9.59 Å². The highest BCUT2D eigenvalue weighted by Gasteiger charge is 2.35. The van der Waals surface area contributed by atoms with Crippen LogP contribution >= 0.6 is 11.3 Å². The number of aryl methyl sites for hydroxylation is 1. The smallest absolute Gasteiger partial charge is 0.254 e. The van der Waals surface area contributed by atoms with Gasteiger partial charge in [-0.05, 0) is 63.4 Å². The van der Waals surface area contributed by atoms with Gasteiger partial charge in [-0.1, -0.05) is 0 Å². The maximum Gasteiger partial charge on any atom is 0.254 e. The summed E-state index contributed by atoms with van der Waals surface area (Å²) in [6, 6.07) is 0.121. The summed E-state index contributed by atoms with van der Waals surface area (Å²) in [6.45, 7) is 3.21. The summed E-state index contributed by atoms with van der Waals surface area (Å²) in [5.74, 6) is 1.17. The molecule has 0 unspecified atom stereocenters. The predicted octanol–water partition coefficient (Wildman–Crippen LogP) is 2.47. The fraction of sp³-hybridized carbons (Fsp3) is 0.636. The van der Waals surface area contributed by atoms with Gasteiger partial charge in [0, 0.05) is 37.0 Å². The topological polar surface area (TPSA) is 110 Å². The lowest BCUT2D eigenvalue weighted by Gasteiger charge is -2.33. The van der Waals surface area contributed by atoms with E-state index in [-0.39, 0.29) is 23.8 Å². The third kappa shape index (κ3) is 5.01. The molecule has 31 heavy (non-hydrogen) atoms. The first-order valence-electron chi connectivity index (χ1n) is 11.2. The largest absolute Gasteiger partial charge is 0.352 e. The van der Waals surface area contributed by atoms with E-state index >= 15 is 0 Å². The number of likely N-dealkylation sites (N-methyl/N-ethyl adjacent to an activating group) is 1. The number of thiophene rings is 1. The molecule has 2 amide bonds. The maximum atomic E-state index is 13.2. The third-order valence-corrected chi connectivity index (χ3v) is 7.46. The molecule has 3 N–H and O–H groups in total. The van der Waals surface area contributed by atoms with E-state index in [0.717, 1.165) is 31.2 Å². The second kappa shape index (κ2) is 9.27. The van der Waals surface area contributed by atoms with Crippen molar-refractivity contribution in [2.75, 3.05) is 25.5 Å². The monoisotopic (exact) mass is 442 g/mol. The van der Waals surface area contributed by atoms with Gasteiger partial charge < -0.3 is 15.5 Å². The maximum absolute atomic E-state index is 13.2. The Morgan fingerprint density at radius 3 is 2.68 bits per heavy atom. The Hall–Kier alpha value is -2.60. The van der Waals surface area contributed by atoms with Crippen molar-refractivity contribution in [3.8, 4) is 6.19 Å². The fourth-order valence-corrected chi connectivity index (χ4v) is 5.29. The number of guanidine groups is 1. The molecule has 3 aliphatic carbocycles. The molecule has 2 fully saturated rings. The Morgan fingerprint density at radius 2 is 2.03 bits per heavy atom. The molecule has 0 bridgehead atoms. The first kappa shape index (κ1) is 21.6. The molecule has 1 aromatic rings. The minimum absolute atomic E-state index is 0.0269. The van der Waals surface area contributed by atoms with Gasteiger partial charge in [-0.2, -0.15) is 5.26 Å². The quantitative estimate of drug-likeness (QED) is 0.260.